The highest BCUT2D eigenvalue weighted by molar-refractivity contribution is 4.67. The van der Waals surface area contributed by atoms with Gasteiger partial charge in [-0.15, -0.1) is 0 Å². The van der Waals surface area contributed by atoms with Crippen LogP contribution in [0.15, 0.2) is 0 Å². The maximum Gasteiger partial charge on any atom is -0.0366 e. The van der Waals surface area contributed by atoms with Crippen molar-refractivity contribution >= 4 is 0 Å². The van der Waals surface area contributed by atoms with Crippen molar-refractivity contribution in [1.82, 2.24) is 0 Å². The zero-order valence-corrected chi connectivity index (χ0v) is 8.85. The molecule has 0 saturated heterocycles. The van der Waals surface area contributed by atoms with Gasteiger partial charge in [-0.1, -0.05) is 53.9 Å². The fourth-order valence-corrected chi connectivity index (χ4v) is 1.91. The molecule has 68 valence electrons. The lowest BCUT2D eigenvalue weighted by Crippen LogP contribution is -2.16. The smallest absolute Gasteiger partial charge is 0.0366 e. The van der Waals surface area contributed by atoms with Crippen molar-refractivity contribution in [1.29, 1.82) is 0 Å². The third kappa shape index (κ3) is 3.79. The van der Waals surface area contributed by atoms with E-state index in [4.69, 9.17) is 0 Å². The van der Waals surface area contributed by atoms with Crippen molar-refractivity contribution in [2.45, 2.75) is 53.9 Å². The van der Waals surface area contributed by atoms with E-state index in [1.54, 1.807) is 0 Å². The van der Waals surface area contributed by atoms with Crippen LogP contribution in [0, 0.1) is 17.8 Å². The third-order valence-electron chi connectivity index (χ3n) is 2.85. The Morgan fingerprint density at radius 3 is 1.82 bits per heavy atom. The van der Waals surface area contributed by atoms with E-state index in [1.165, 1.54) is 19.3 Å². The van der Waals surface area contributed by atoms with Crippen LogP contribution in [0.25, 0.3) is 0 Å². The molecule has 0 bridgehead atoms. The molecular weight excluding hydrogens is 132 g/mol. The summed E-state index contributed by atoms with van der Waals surface area (Å²) >= 11 is 0. The molecule has 0 aliphatic rings. The fraction of sp³-hybridized carbons (Fsp3) is 1.00. The quantitative estimate of drug-likeness (QED) is 0.562. The van der Waals surface area contributed by atoms with Crippen LogP contribution in [0.1, 0.15) is 53.9 Å². The zero-order valence-electron chi connectivity index (χ0n) is 8.85. The first-order valence-electron chi connectivity index (χ1n) is 5.13. The Labute approximate surface area is 72.4 Å². The summed E-state index contributed by atoms with van der Waals surface area (Å²) in [5.74, 6) is 2.73. The number of hydrogen-bond donors (Lipinski definition) is 0. The van der Waals surface area contributed by atoms with Crippen LogP contribution in [0.4, 0.5) is 0 Å². The SMILES string of the molecule is CCC[C@@H](C(C)C)[C@@H](C)CC. The lowest BCUT2D eigenvalue weighted by atomic mass is 9.80. The second kappa shape index (κ2) is 5.62. The maximum absolute atomic E-state index is 2.39. The highest BCUT2D eigenvalue weighted by atomic mass is 14.2. The van der Waals surface area contributed by atoms with Gasteiger partial charge in [0.05, 0.1) is 0 Å². The molecular formula is C11H24. The molecule has 0 aliphatic carbocycles. The number of rotatable bonds is 5. The second-order valence-corrected chi connectivity index (χ2v) is 4.08. The van der Waals surface area contributed by atoms with E-state index in [0.717, 1.165) is 17.8 Å². The summed E-state index contributed by atoms with van der Waals surface area (Å²) in [6.07, 6.45) is 4.09. The average Bonchev–Trinajstić information content (AvgIpc) is 1.98. The van der Waals surface area contributed by atoms with Crippen LogP contribution in [0.5, 0.6) is 0 Å². The van der Waals surface area contributed by atoms with E-state index in [2.05, 4.69) is 34.6 Å². The molecule has 2 atom stereocenters. The molecule has 0 amide bonds. The van der Waals surface area contributed by atoms with Gasteiger partial charge in [-0.05, 0) is 17.8 Å². The maximum atomic E-state index is 2.39. The predicted molar refractivity (Wildman–Crippen MR) is 52.7 cm³/mol. The molecule has 0 radical (unpaired) electrons. The van der Waals surface area contributed by atoms with Gasteiger partial charge in [-0.2, -0.15) is 0 Å². The first-order chi connectivity index (χ1) is 5.13. The molecule has 0 aromatic heterocycles. The molecule has 0 rings (SSSR count). The minimum Gasteiger partial charge on any atom is -0.0654 e. The summed E-state index contributed by atoms with van der Waals surface area (Å²) in [4.78, 5) is 0. The Morgan fingerprint density at radius 1 is 1.00 bits per heavy atom. The zero-order chi connectivity index (χ0) is 8.85. The number of hydrogen-bond acceptors (Lipinski definition) is 0. The summed E-state index contributed by atoms with van der Waals surface area (Å²) in [5, 5.41) is 0. The van der Waals surface area contributed by atoms with Crippen molar-refractivity contribution in [2.24, 2.45) is 17.8 Å². The normalized spacial score (nSPS) is 16.9. The first-order valence-corrected chi connectivity index (χ1v) is 5.13. The molecule has 0 aromatic carbocycles. The van der Waals surface area contributed by atoms with Gasteiger partial charge >= 0.3 is 0 Å². The highest BCUT2D eigenvalue weighted by Gasteiger charge is 2.17. The van der Waals surface area contributed by atoms with E-state index < -0.39 is 0 Å². The van der Waals surface area contributed by atoms with Crippen molar-refractivity contribution in [3.8, 4) is 0 Å². The van der Waals surface area contributed by atoms with E-state index in [0.29, 0.717) is 0 Å². The molecule has 0 nitrogen and oxygen atoms in total. The van der Waals surface area contributed by atoms with Crippen molar-refractivity contribution in [2.75, 3.05) is 0 Å². The van der Waals surface area contributed by atoms with E-state index in [9.17, 15) is 0 Å². The van der Waals surface area contributed by atoms with Gasteiger partial charge in [-0.25, -0.2) is 0 Å². The molecule has 0 saturated carbocycles. The Kier molecular flexibility index (Phi) is 5.62. The molecule has 0 spiro atoms. The minimum atomic E-state index is 0.866. The Morgan fingerprint density at radius 2 is 1.55 bits per heavy atom. The van der Waals surface area contributed by atoms with Gasteiger partial charge in [0.2, 0.25) is 0 Å². The third-order valence-corrected chi connectivity index (χ3v) is 2.85. The van der Waals surface area contributed by atoms with Gasteiger partial charge in [0, 0.05) is 0 Å². The molecule has 0 aromatic rings. The first kappa shape index (κ1) is 11.0. The van der Waals surface area contributed by atoms with Crippen LogP contribution < -0.4 is 0 Å². The van der Waals surface area contributed by atoms with Crippen molar-refractivity contribution in [3.05, 3.63) is 0 Å². The molecule has 0 N–H and O–H groups in total. The summed E-state index contributed by atoms with van der Waals surface area (Å²) in [7, 11) is 0. The van der Waals surface area contributed by atoms with Crippen LogP contribution >= 0.6 is 0 Å². The molecule has 0 heteroatoms. The van der Waals surface area contributed by atoms with Gasteiger partial charge in [0.25, 0.3) is 0 Å². The fourth-order valence-electron chi connectivity index (χ4n) is 1.91. The van der Waals surface area contributed by atoms with Crippen LogP contribution in [0.2, 0.25) is 0 Å². The largest absolute Gasteiger partial charge is 0.0654 e. The Hall–Kier alpha value is 0. The van der Waals surface area contributed by atoms with Crippen molar-refractivity contribution in [3.63, 3.8) is 0 Å². The lowest BCUT2D eigenvalue weighted by molar-refractivity contribution is 0.245. The standard InChI is InChI=1S/C11H24/c1-6-8-11(9(3)4)10(5)7-2/h9-11H,6-8H2,1-5H3/t10-,11-/m0/s1. The second-order valence-electron chi connectivity index (χ2n) is 4.08. The van der Waals surface area contributed by atoms with Gasteiger partial charge in [0.15, 0.2) is 0 Å². The van der Waals surface area contributed by atoms with E-state index in [-0.39, 0.29) is 0 Å². The van der Waals surface area contributed by atoms with E-state index >= 15 is 0 Å². The molecule has 11 heavy (non-hydrogen) atoms. The van der Waals surface area contributed by atoms with Crippen LogP contribution in [-0.4, -0.2) is 0 Å². The molecule has 0 aliphatic heterocycles. The van der Waals surface area contributed by atoms with Gasteiger partial charge < -0.3 is 0 Å². The van der Waals surface area contributed by atoms with Crippen molar-refractivity contribution < 1.29 is 0 Å². The van der Waals surface area contributed by atoms with Gasteiger partial charge in [0.1, 0.15) is 0 Å². The summed E-state index contributed by atoms with van der Waals surface area (Å²) < 4.78 is 0. The molecule has 0 heterocycles. The summed E-state index contributed by atoms with van der Waals surface area (Å²) in [6.45, 7) is 11.7. The average molecular weight is 156 g/mol. The Balaban J connectivity index is 3.87. The molecule has 0 unspecified atom stereocenters. The Bertz CT molecular complexity index is 84.0. The van der Waals surface area contributed by atoms with E-state index in [1.807, 2.05) is 0 Å². The molecule has 0 fully saturated rings. The monoisotopic (exact) mass is 156 g/mol. The summed E-state index contributed by atoms with van der Waals surface area (Å²) in [6, 6.07) is 0. The topological polar surface area (TPSA) is 0 Å². The minimum absolute atomic E-state index is 0.866. The van der Waals surface area contributed by atoms with Crippen LogP contribution in [0.3, 0.4) is 0 Å². The van der Waals surface area contributed by atoms with Gasteiger partial charge in [-0.3, -0.25) is 0 Å². The lowest BCUT2D eigenvalue weighted by Gasteiger charge is -2.26. The van der Waals surface area contributed by atoms with Crippen LogP contribution in [-0.2, 0) is 0 Å². The predicted octanol–water partition coefficient (Wildman–Crippen LogP) is 4.10. The summed E-state index contributed by atoms with van der Waals surface area (Å²) in [5.41, 5.74) is 0. The highest BCUT2D eigenvalue weighted by Crippen LogP contribution is 2.27.